The highest BCUT2D eigenvalue weighted by atomic mass is 32.2. The van der Waals surface area contributed by atoms with E-state index in [-0.39, 0.29) is 31.1 Å². The van der Waals surface area contributed by atoms with Crippen LogP contribution in [-0.4, -0.2) is 62.1 Å². The minimum atomic E-state index is -3.61. The van der Waals surface area contributed by atoms with Crippen molar-refractivity contribution in [1.82, 2.24) is 9.21 Å². The standard InChI is InChI=1S/C12H16N2O5S/c1-19-10-3-2-4-11(9-10)20(17,18)14-7-5-13(6-8-14)12(15)16/h2-4,9H,5-8H2,1H3,(H,15,16). The van der Waals surface area contributed by atoms with Crippen LogP contribution in [0.25, 0.3) is 0 Å². The zero-order chi connectivity index (χ0) is 14.8. The maximum absolute atomic E-state index is 12.4. The third-order valence-corrected chi connectivity index (χ3v) is 5.08. The Bertz CT molecular complexity index is 594. The molecule has 1 aromatic carbocycles. The van der Waals surface area contributed by atoms with Gasteiger partial charge in [0.25, 0.3) is 0 Å². The first-order valence-electron chi connectivity index (χ1n) is 6.07. The van der Waals surface area contributed by atoms with Crippen LogP contribution in [0.15, 0.2) is 29.2 Å². The van der Waals surface area contributed by atoms with E-state index in [2.05, 4.69) is 0 Å². The summed E-state index contributed by atoms with van der Waals surface area (Å²) in [6.45, 7) is 0.675. The second-order valence-electron chi connectivity index (χ2n) is 4.35. The minimum absolute atomic E-state index is 0.153. The average Bonchev–Trinajstić information content (AvgIpc) is 2.47. The third-order valence-electron chi connectivity index (χ3n) is 3.19. The summed E-state index contributed by atoms with van der Waals surface area (Å²) in [4.78, 5) is 12.2. The number of benzene rings is 1. The lowest BCUT2D eigenvalue weighted by Gasteiger charge is -2.32. The van der Waals surface area contributed by atoms with Crippen molar-refractivity contribution in [3.63, 3.8) is 0 Å². The van der Waals surface area contributed by atoms with Gasteiger partial charge in [0.1, 0.15) is 5.75 Å². The summed E-state index contributed by atoms with van der Waals surface area (Å²) in [7, 11) is -2.14. The number of hydrogen-bond donors (Lipinski definition) is 1. The lowest BCUT2D eigenvalue weighted by Crippen LogP contribution is -2.50. The van der Waals surface area contributed by atoms with Gasteiger partial charge in [-0.05, 0) is 12.1 Å². The number of piperazine rings is 1. The van der Waals surface area contributed by atoms with E-state index in [1.54, 1.807) is 12.1 Å². The second kappa shape index (κ2) is 5.68. The molecule has 1 aliphatic rings. The molecule has 0 saturated carbocycles. The van der Waals surface area contributed by atoms with Crippen LogP contribution in [0.1, 0.15) is 0 Å². The molecule has 110 valence electrons. The topological polar surface area (TPSA) is 87.2 Å². The predicted octanol–water partition coefficient (Wildman–Crippen LogP) is 0.679. The Morgan fingerprint density at radius 2 is 1.90 bits per heavy atom. The number of carboxylic acid groups (broad SMARTS) is 1. The van der Waals surface area contributed by atoms with Gasteiger partial charge >= 0.3 is 6.09 Å². The van der Waals surface area contributed by atoms with E-state index in [9.17, 15) is 13.2 Å². The maximum atomic E-state index is 12.4. The summed E-state index contributed by atoms with van der Waals surface area (Å²) >= 11 is 0. The lowest BCUT2D eigenvalue weighted by molar-refractivity contribution is 0.126. The lowest BCUT2D eigenvalue weighted by atomic mass is 10.3. The van der Waals surface area contributed by atoms with Crippen molar-refractivity contribution < 1.29 is 23.1 Å². The van der Waals surface area contributed by atoms with Crippen LogP contribution >= 0.6 is 0 Å². The maximum Gasteiger partial charge on any atom is 0.407 e. The van der Waals surface area contributed by atoms with Crippen LogP contribution in [0, 0.1) is 0 Å². The highest BCUT2D eigenvalue weighted by molar-refractivity contribution is 7.89. The fraction of sp³-hybridized carbons (Fsp3) is 0.417. The Morgan fingerprint density at radius 1 is 1.25 bits per heavy atom. The molecule has 0 unspecified atom stereocenters. The predicted molar refractivity (Wildman–Crippen MR) is 71.4 cm³/mol. The van der Waals surface area contributed by atoms with Gasteiger partial charge in [0.2, 0.25) is 10.0 Å². The summed E-state index contributed by atoms with van der Waals surface area (Å²) < 4.78 is 31.2. The first-order chi connectivity index (χ1) is 9.45. The highest BCUT2D eigenvalue weighted by Crippen LogP contribution is 2.21. The molecule has 7 nitrogen and oxygen atoms in total. The summed E-state index contributed by atoms with van der Waals surface area (Å²) in [5, 5.41) is 8.85. The fourth-order valence-electron chi connectivity index (χ4n) is 2.03. The molecule has 0 spiro atoms. The molecule has 20 heavy (non-hydrogen) atoms. The average molecular weight is 300 g/mol. The molecule has 0 bridgehead atoms. The smallest absolute Gasteiger partial charge is 0.407 e. The van der Waals surface area contributed by atoms with Crippen molar-refractivity contribution in [2.75, 3.05) is 33.3 Å². The molecule has 2 rings (SSSR count). The number of amides is 1. The Morgan fingerprint density at radius 3 is 2.45 bits per heavy atom. The van der Waals surface area contributed by atoms with E-state index in [0.29, 0.717) is 5.75 Å². The van der Waals surface area contributed by atoms with Gasteiger partial charge in [-0.3, -0.25) is 0 Å². The second-order valence-corrected chi connectivity index (χ2v) is 6.29. The molecule has 1 N–H and O–H groups in total. The molecular formula is C12H16N2O5S. The van der Waals surface area contributed by atoms with Crippen molar-refractivity contribution >= 4 is 16.1 Å². The molecule has 1 amide bonds. The molecular weight excluding hydrogens is 284 g/mol. The van der Waals surface area contributed by atoms with Gasteiger partial charge in [-0.25, -0.2) is 13.2 Å². The quantitative estimate of drug-likeness (QED) is 0.887. The molecule has 8 heteroatoms. The van der Waals surface area contributed by atoms with E-state index in [0.717, 1.165) is 0 Å². The first-order valence-corrected chi connectivity index (χ1v) is 7.51. The fourth-order valence-corrected chi connectivity index (χ4v) is 3.49. The molecule has 1 aliphatic heterocycles. The van der Waals surface area contributed by atoms with Crippen molar-refractivity contribution in [2.24, 2.45) is 0 Å². The first kappa shape index (κ1) is 14.6. The molecule has 0 aliphatic carbocycles. The largest absolute Gasteiger partial charge is 0.497 e. The number of carbonyl (C=O) groups is 1. The molecule has 1 saturated heterocycles. The number of hydrogen-bond acceptors (Lipinski definition) is 4. The van der Waals surface area contributed by atoms with Crippen LogP contribution in [-0.2, 0) is 10.0 Å². The van der Waals surface area contributed by atoms with Gasteiger partial charge in [0, 0.05) is 32.2 Å². The van der Waals surface area contributed by atoms with E-state index in [4.69, 9.17) is 9.84 Å². The monoisotopic (exact) mass is 300 g/mol. The molecule has 1 heterocycles. The van der Waals surface area contributed by atoms with Gasteiger partial charge in [-0.1, -0.05) is 6.07 Å². The van der Waals surface area contributed by atoms with Gasteiger partial charge in [-0.15, -0.1) is 0 Å². The zero-order valence-corrected chi connectivity index (χ0v) is 11.8. The van der Waals surface area contributed by atoms with Crippen LogP contribution in [0.3, 0.4) is 0 Å². The van der Waals surface area contributed by atoms with Gasteiger partial charge in [-0.2, -0.15) is 4.31 Å². The van der Waals surface area contributed by atoms with E-state index < -0.39 is 16.1 Å². The summed E-state index contributed by atoms with van der Waals surface area (Å²) in [5.41, 5.74) is 0. The molecule has 1 fully saturated rings. The molecule has 0 radical (unpaired) electrons. The van der Waals surface area contributed by atoms with E-state index >= 15 is 0 Å². The minimum Gasteiger partial charge on any atom is -0.497 e. The Hall–Kier alpha value is -1.80. The van der Waals surface area contributed by atoms with Crippen LogP contribution in [0.5, 0.6) is 5.75 Å². The van der Waals surface area contributed by atoms with Crippen molar-refractivity contribution in [3.05, 3.63) is 24.3 Å². The SMILES string of the molecule is COc1cccc(S(=O)(=O)N2CCN(C(=O)O)CC2)c1. The van der Waals surface area contributed by atoms with Crippen molar-refractivity contribution in [2.45, 2.75) is 4.90 Å². The Kier molecular flexibility index (Phi) is 4.15. The number of ether oxygens (including phenoxy) is 1. The van der Waals surface area contributed by atoms with E-state index in [1.165, 1.54) is 28.4 Å². The van der Waals surface area contributed by atoms with Gasteiger partial charge in [0.05, 0.1) is 12.0 Å². The van der Waals surface area contributed by atoms with Crippen LogP contribution < -0.4 is 4.74 Å². The van der Waals surface area contributed by atoms with Crippen molar-refractivity contribution in [3.8, 4) is 5.75 Å². The molecule has 0 atom stereocenters. The number of nitrogens with zero attached hydrogens (tertiary/aromatic N) is 2. The van der Waals surface area contributed by atoms with Crippen LogP contribution in [0.2, 0.25) is 0 Å². The van der Waals surface area contributed by atoms with Gasteiger partial charge in [0.15, 0.2) is 0 Å². The Balaban J connectivity index is 2.17. The zero-order valence-electron chi connectivity index (χ0n) is 11.0. The number of sulfonamides is 1. The normalized spacial score (nSPS) is 16.9. The summed E-state index contributed by atoms with van der Waals surface area (Å²) in [6, 6.07) is 6.24. The Labute approximate surface area is 117 Å². The number of methoxy groups -OCH3 is 1. The summed E-state index contributed by atoms with van der Waals surface area (Å²) in [6.07, 6.45) is -1.02. The highest BCUT2D eigenvalue weighted by Gasteiger charge is 2.30. The number of rotatable bonds is 3. The molecule has 0 aromatic heterocycles. The third kappa shape index (κ3) is 2.86. The van der Waals surface area contributed by atoms with E-state index in [1.807, 2.05) is 0 Å². The van der Waals surface area contributed by atoms with Crippen molar-refractivity contribution in [1.29, 1.82) is 0 Å². The molecule has 1 aromatic rings. The summed E-state index contributed by atoms with van der Waals surface area (Å²) in [5.74, 6) is 0.468. The van der Waals surface area contributed by atoms with Gasteiger partial charge < -0.3 is 14.7 Å². The van der Waals surface area contributed by atoms with Crippen LogP contribution in [0.4, 0.5) is 4.79 Å².